The van der Waals surface area contributed by atoms with E-state index in [9.17, 15) is 22.8 Å². The monoisotopic (exact) mass is 541 g/mol. The number of ketones is 1. The zero-order valence-electron chi connectivity index (χ0n) is 21.4. The van der Waals surface area contributed by atoms with Crippen molar-refractivity contribution in [3.05, 3.63) is 71.2 Å². The maximum Gasteiger partial charge on any atom is 0.437 e. The summed E-state index contributed by atoms with van der Waals surface area (Å²) in [6.45, 7) is 2.48. The minimum Gasteiger partial charge on any atom is -0.420 e. The van der Waals surface area contributed by atoms with E-state index < -0.39 is 23.4 Å². The number of piperidine rings is 2. The summed E-state index contributed by atoms with van der Waals surface area (Å²) in [6.07, 6.45) is 0.621. The first-order valence-electron chi connectivity index (χ1n) is 13.2. The number of halogens is 3. The van der Waals surface area contributed by atoms with Crippen molar-refractivity contribution in [2.45, 2.75) is 50.7 Å². The van der Waals surface area contributed by atoms with Gasteiger partial charge < -0.3 is 19.5 Å². The molecule has 2 aliphatic rings. The Morgan fingerprint density at radius 1 is 0.949 bits per heavy atom. The van der Waals surface area contributed by atoms with Gasteiger partial charge in [0, 0.05) is 50.4 Å². The van der Waals surface area contributed by atoms with Crippen molar-refractivity contribution in [2.75, 3.05) is 36.0 Å². The first-order valence-corrected chi connectivity index (χ1v) is 13.2. The van der Waals surface area contributed by atoms with Crippen LogP contribution in [0.15, 0.2) is 53.1 Å². The van der Waals surface area contributed by atoms with Gasteiger partial charge in [-0.25, -0.2) is 4.98 Å². The normalized spacial score (nSPS) is 16.8. The van der Waals surface area contributed by atoms with E-state index in [1.54, 1.807) is 29.2 Å². The zero-order chi connectivity index (χ0) is 27.4. The summed E-state index contributed by atoms with van der Waals surface area (Å²) in [7, 11) is 0. The number of rotatable bonds is 7. The molecule has 0 radical (unpaired) electrons. The molecule has 1 amide bonds. The van der Waals surface area contributed by atoms with Gasteiger partial charge in [-0.2, -0.15) is 18.2 Å². The molecule has 206 valence electrons. The second-order valence-electron chi connectivity index (χ2n) is 9.95. The summed E-state index contributed by atoms with van der Waals surface area (Å²) in [5.74, 6) is -0.930. The van der Waals surface area contributed by atoms with Crippen LogP contribution in [0.5, 0.6) is 0 Å². The Morgan fingerprint density at radius 3 is 2.31 bits per heavy atom. The lowest BCUT2D eigenvalue weighted by atomic mass is 10.0. The molecule has 2 aromatic heterocycles. The lowest BCUT2D eigenvalue weighted by molar-refractivity contribution is -0.141. The van der Waals surface area contributed by atoms with Crippen LogP contribution in [0.2, 0.25) is 0 Å². The average Bonchev–Trinajstić information content (AvgIpc) is 3.42. The smallest absolute Gasteiger partial charge is 0.420 e. The highest BCUT2D eigenvalue weighted by Crippen LogP contribution is 2.35. The van der Waals surface area contributed by atoms with Crippen molar-refractivity contribution in [3.63, 3.8) is 0 Å². The molecular weight excluding hydrogens is 511 g/mol. The number of amides is 1. The molecular formula is C28H30F3N5O3. The van der Waals surface area contributed by atoms with Crippen LogP contribution in [0.3, 0.4) is 0 Å². The summed E-state index contributed by atoms with van der Waals surface area (Å²) in [6, 6.07) is 12.4. The Balaban J connectivity index is 1.19. The maximum absolute atomic E-state index is 13.6. The number of hydrogen-bond donors (Lipinski definition) is 1. The molecule has 2 aliphatic heterocycles. The third kappa shape index (κ3) is 6.40. The van der Waals surface area contributed by atoms with Crippen LogP contribution in [0.4, 0.5) is 25.0 Å². The first-order chi connectivity index (χ1) is 18.8. The lowest BCUT2D eigenvalue weighted by Crippen LogP contribution is -2.45. The maximum atomic E-state index is 13.6. The van der Waals surface area contributed by atoms with Gasteiger partial charge in [-0.15, -0.1) is 0 Å². The molecule has 0 saturated carbocycles. The van der Waals surface area contributed by atoms with Crippen LogP contribution >= 0.6 is 0 Å². The van der Waals surface area contributed by atoms with E-state index in [4.69, 9.17) is 4.42 Å². The Morgan fingerprint density at radius 2 is 1.67 bits per heavy atom. The molecule has 1 aromatic carbocycles. The van der Waals surface area contributed by atoms with E-state index >= 15 is 0 Å². The Labute approximate surface area is 224 Å². The topological polar surface area (TPSA) is 91.6 Å². The number of Topliss-reactive ketones (excluding diaryl/α,β-unsaturated/α-hetero) is 1. The molecule has 0 atom stereocenters. The third-order valence-electron chi connectivity index (χ3n) is 7.13. The fourth-order valence-corrected chi connectivity index (χ4v) is 5.00. The van der Waals surface area contributed by atoms with Gasteiger partial charge in [0.05, 0.1) is 0 Å². The quantitative estimate of drug-likeness (QED) is 0.426. The molecule has 1 N–H and O–H groups in total. The van der Waals surface area contributed by atoms with E-state index in [2.05, 4.69) is 20.2 Å². The number of hydrogen-bond acceptors (Lipinski definition) is 7. The number of nitrogens with one attached hydrogen (secondary N) is 1. The number of carbonyl (C=O) groups is 2. The van der Waals surface area contributed by atoms with Crippen LogP contribution < -0.4 is 15.1 Å². The molecule has 2 fully saturated rings. The fourth-order valence-electron chi connectivity index (χ4n) is 5.00. The molecule has 0 aliphatic carbocycles. The Hall–Kier alpha value is -3.89. The lowest BCUT2D eigenvalue weighted by Gasteiger charge is -2.33. The highest BCUT2D eigenvalue weighted by molar-refractivity contribution is 5.96. The second-order valence-corrected chi connectivity index (χ2v) is 9.95. The number of oxazole rings is 1. The number of anilines is 2. The van der Waals surface area contributed by atoms with Gasteiger partial charge in [0.25, 0.3) is 11.9 Å². The summed E-state index contributed by atoms with van der Waals surface area (Å²) in [5, 5.41) is 3.07. The van der Waals surface area contributed by atoms with E-state index in [1.165, 1.54) is 6.20 Å². The van der Waals surface area contributed by atoms with Crippen molar-refractivity contribution in [1.29, 1.82) is 0 Å². The van der Waals surface area contributed by atoms with E-state index in [1.807, 2.05) is 18.2 Å². The van der Waals surface area contributed by atoms with Gasteiger partial charge in [0.1, 0.15) is 5.82 Å². The van der Waals surface area contributed by atoms with Crippen molar-refractivity contribution < 1.29 is 27.2 Å². The van der Waals surface area contributed by atoms with Crippen molar-refractivity contribution in [2.24, 2.45) is 0 Å². The van der Waals surface area contributed by atoms with Gasteiger partial charge in [-0.1, -0.05) is 24.3 Å². The van der Waals surface area contributed by atoms with Gasteiger partial charge in [-0.05, 0) is 55.9 Å². The van der Waals surface area contributed by atoms with Gasteiger partial charge in [0.15, 0.2) is 5.69 Å². The number of benzene rings is 1. The number of carbonyl (C=O) groups excluding carboxylic acids is 2. The van der Waals surface area contributed by atoms with Crippen LogP contribution in [0, 0.1) is 0 Å². The highest BCUT2D eigenvalue weighted by Gasteiger charge is 2.41. The third-order valence-corrected chi connectivity index (χ3v) is 7.13. The fraction of sp³-hybridized carbons (Fsp3) is 0.429. The summed E-state index contributed by atoms with van der Waals surface area (Å²) < 4.78 is 46.3. The van der Waals surface area contributed by atoms with E-state index in [-0.39, 0.29) is 24.4 Å². The van der Waals surface area contributed by atoms with Gasteiger partial charge in [-0.3, -0.25) is 9.59 Å². The number of aromatic nitrogens is 2. The predicted molar refractivity (Wildman–Crippen MR) is 139 cm³/mol. The second kappa shape index (κ2) is 11.5. The molecule has 0 unspecified atom stereocenters. The van der Waals surface area contributed by atoms with Crippen LogP contribution in [0.25, 0.3) is 0 Å². The molecule has 8 nitrogen and oxygen atoms in total. The van der Waals surface area contributed by atoms with E-state index in [0.717, 1.165) is 32.1 Å². The highest BCUT2D eigenvalue weighted by atomic mass is 19.4. The standard InChI is InChI=1S/C28H30F3N5O3/c29-28(30,31)25-24(39-27(34-25)36-13-5-2-6-14-36)22(37)17-19-9-10-23(32-18-19)35-15-11-21(12-16-35)33-26(38)20-7-3-1-4-8-20/h1,3-4,7-10,18,21H,2,5-6,11-17H2,(H,33,38). The predicted octanol–water partition coefficient (Wildman–Crippen LogP) is 4.90. The van der Waals surface area contributed by atoms with E-state index in [0.29, 0.717) is 43.1 Å². The minimum absolute atomic E-state index is 0.0606. The molecule has 0 spiro atoms. The summed E-state index contributed by atoms with van der Waals surface area (Å²) in [4.78, 5) is 37.1. The molecule has 11 heteroatoms. The largest absolute Gasteiger partial charge is 0.437 e. The number of pyridine rings is 1. The Kier molecular flexibility index (Phi) is 7.85. The van der Waals surface area contributed by atoms with Crippen molar-refractivity contribution >= 4 is 23.5 Å². The first kappa shape index (κ1) is 26.7. The van der Waals surface area contributed by atoms with Crippen molar-refractivity contribution in [1.82, 2.24) is 15.3 Å². The number of alkyl halides is 3. The summed E-state index contributed by atoms with van der Waals surface area (Å²) in [5.41, 5.74) is -0.167. The molecule has 39 heavy (non-hydrogen) atoms. The molecule has 3 aromatic rings. The van der Waals surface area contributed by atoms with Crippen LogP contribution in [0.1, 0.15) is 64.3 Å². The molecule has 4 heterocycles. The SMILES string of the molecule is O=C(NC1CCN(c2ccc(CC(=O)c3oc(N4CCCCC4)nc3C(F)(F)F)cn2)CC1)c1ccccc1. The molecule has 2 saturated heterocycles. The molecule has 0 bridgehead atoms. The summed E-state index contributed by atoms with van der Waals surface area (Å²) >= 11 is 0. The van der Waals surface area contributed by atoms with Gasteiger partial charge in [0.2, 0.25) is 11.5 Å². The average molecular weight is 542 g/mol. The van der Waals surface area contributed by atoms with Crippen LogP contribution in [-0.2, 0) is 12.6 Å². The molecule has 5 rings (SSSR count). The number of nitrogens with zero attached hydrogens (tertiary/aromatic N) is 4. The van der Waals surface area contributed by atoms with Crippen molar-refractivity contribution in [3.8, 4) is 0 Å². The zero-order valence-corrected chi connectivity index (χ0v) is 21.4. The minimum atomic E-state index is -4.79. The van der Waals surface area contributed by atoms with Crippen LogP contribution in [-0.4, -0.2) is 53.9 Å². The van der Waals surface area contributed by atoms with Gasteiger partial charge >= 0.3 is 6.18 Å². The Bertz CT molecular complexity index is 1280.